The van der Waals surface area contributed by atoms with Gasteiger partial charge in [0.2, 0.25) is 5.91 Å². The Balaban J connectivity index is 3.98. The average Bonchev–Trinajstić information content (AvgIpc) is 2.94. The molecule has 0 rings (SSSR count). The summed E-state index contributed by atoms with van der Waals surface area (Å²) in [5.74, 6) is -0.914. The first kappa shape index (κ1) is 40.8. The van der Waals surface area contributed by atoms with Gasteiger partial charge >= 0.3 is 0 Å². The van der Waals surface area contributed by atoms with Crippen molar-refractivity contribution in [3.8, 4) is 0 Å². The average molecular weight is 614 g/mol. The van der Waals surface area contributed by atoms with Gasteiger partial charge in [0.05, 0.1) is 17.9 Å². The fourth-order valence-corrected chi connectivity index (χ4v) is 5.99. The molecule has 0 bridgehead atoms. The smallest absolute Gasteiger partial charge is 0.266 e. The number of rotatable bonds is 31. The molecule has 0 saturated carbocycles. The number of hydrogen-bond acceptors (Lipinski definition) is 4. The molecule has 0 fully saturated rings. The molecule has 7 heteroatoms. The van der Waals surface area contributed by atoms with Crippen LogP contribution in [0.15, 0.2) is 24.3 Å². The molecule has 3 N–H and O–H groups in total. The summed E-state index contributed by atoms with van der Waals surface area (Å²) >= 11 is 0. The largest absolute Gasteiger partial charge is 0.391 e. The first-order chi connectivity index (χ1) is 20.3. The van der Waals surface area contributed by atoms with E-state index in [2.05, 4.69) is 43.5 Å². The van der Waals surface area contributed by atoms with Crippen LogP contribution in [0.5, 0.6) is 0 Å². The van der Waals surface area contributed by atoms with Crippen LogP contribution in [-0.2, 0) is 14.9 Å². The lowest BCUT2D eigenvalue weighted by Gasteiger charge is -2.23. The van der Waals surface area contributed by atoms with Crippen molar-refractivity contribution in [2.45, 2.75) is 187 Å². The van der Waals surface area contributed by atoms with E-state index in [0.717, 1.165) is 64.2 Å². The van der Waals surface area contributed by atoms with E-state index in [1.807, 2.05) is 0 Å². The van der Waals surface area contributed by atoms with Crippen molar-refractivity contribution in [3.05, 3.63) is 24.3 Å². The van der Waals surface area contributed by atoms with Crippen LogP contribution in [0.4, 0.5) is 0 Å². The van der Waals surface area contributed by atoms with Crippen LogP contribution in [0.3, 0.4) is 0 Å². The summed E-state index contributed by atoms with van der Waals surface area (Å²) in [6.07, 6.45) is 35.4. The zero-order valence-electron chi connectivity index (χ0n) is 27.4. The molecule has 0 saturated heterocycles. The van der Waals surface area contributed by atoms with E-state index in [-0.39, 0.29) is 5.91 Å². The molecule has 0 radical (unpaired) electrons. The number of amides is 1. The minimum absolute atomic E-state index is 0.261. The number of aliphatic hydroxyl groups excluding tert-OH is 1. The Morgan fingerprint density at radius 1 is 0.643 bits per heavy atom. The van der Waals surface area contributed by atoms with Crippen molar-refractivity contribution in [2.24, 2.45) is 0 Å². The van der Waals surface area contributed by atoms with Crippen molar-refractivity contribution in [3.63, 3.8) is 0 Å². The molecule has 1 amide bonds. The van der Waals surface area contributed by atoms with Crippen LogP contribution < -0.4 is 5.32 Å². The van der Waals surface area contributed by atoms with Crippen LogP contribution in [0.2, 0.25) is 0 Å². The summed E-state index contributed by atoms with van der Waals surface area (Å²) in [6.45, 7) is 4.45. The molecular formula is C35H67NO5S. The topological polar surface area (TPSA) is 104 Å². The molecule has 0 aliphatic rings. The highest BCUT2D eigenvalue weighted by Gasteiger charge is 2.26. The van der Waals surface area contributed by atoms with Gasteiger partial charge in [0.1, 0.15) is 0 Å². The summed E-state index contributed by atoms with van der Waals surface area (Å²) in [6, 6.07) is -0.974. The first-order valence-electron chi connectivity index (χ1n) is 17.5. The maximum absolute atomic E-state index is 12.4. The lowest BCUT2D eigenvalue weighted by Crippen LogP contribution is -2.47. The summed E-state index contributed by atoms with van der Waals surface area (Å²) in [5, 5.41) is 13.3. The van der Waals surface area contributed by atoms with Crippen molar-refractivity contribution in [2.75, 3.05) is 5.75 Å². The second kappa shape index (κ2) is 29.9. The second-order valence-electron chi connectivity index (χ2n) is 12.1. The lowest BCUT2D eigenvalue weighted by atomic mass is 10.0. The maximum atomic E-state index is 12.4. The van der Waals surface area contributed by atoms with Crippen LogP contribution in [-0.4, -0.2) is 41.9 Å². The standard InChI is InChI=1S/C35H67NO5S/c1-3-5-7-9-11-13-15-17-19-21-23-25-27-29-31-35(38)36-33(32-42(39,40)41)34(37)30-28-26-24-22-20-18-16-14-12-10-8-6-4-2/h9,11,15,17,33-34,37H,3-8,10,12-14,16,18-32H2,1-2H3,(H,36,38)(H,39,40,41)/b11-9-,17-15-. The van der Waals surface area contributed by atoms with Gasteiger partial charge in [-0.2, -0.15) is 8.42 Å². The molecule has 0 heterocycles. The number of nitrogens with one attached hydrogen (secondary N) is 1. The molecular weight excluding hydrogens is 546 g/mol. The highest BCUT2D eigenvalue weighted by atomic mass is 32.2. The van der Waals surface area contributed by atoms with Crippen molar-refractivity contribution < 1.29 is 22.9 Å². The predicted octanol–water partition coefficient (Wildman–Crippen LogP) is 9.62. The van der Waals surface area contributed by atoms with E-state index in [0.29, 0.717) is 12.8 Å². The maximum Gasteiger partial charge on any atom is 0.266 e. The number of carbonyl (C=O) groups excluding carboxylic acids is 1. The number of allylic oxidation sites excluding steroid dienone is 4. The Kier molecular flexibility index (Phi) is 29.0. The number of hydrogen-bond donors (Lipinski definition) is 3. The van der Waals surface area contributed by atoms with Gasteiger partial charge in [0.25, 0.3) is 10.1 Å². The minimum atomic E-state index is -4.30. The Labute approximate surface area is 260 Å². The van der Waals surface area contributed by atoms with E-state index in [1.165, 1.54) is 83.5 Å². The molecule has 0 aliphatic heterocycles. The molecule has 2 atom stereocenters. The third-order valence-electron chi connectivity index (χ3n) is 7.91. The first-order valence-corrected chi connectivity index (χ1v) is 19.1. The molecule has 248 valence electrons. The van der Waals surface area contributed by atoms with Crippen molar-refractivity contribution >= 4 is 16.0 Å². The second-order valence-corrected chi connectivity index (χ2v) is 13.6. The number of carbonyl (C=O) groups is 1. The van der Waals surface area contributed by atoms with Gasteiger partial charge in [0.15, 0.2) is 0 Å². The Morgan fingerprint density at radius 2 is 1.10 bits per heavy atom. The molecule has 2 unspecified atom stereocenters. The summed E-state index contributed by atoms with van der Waals surface area (Å²) in [5.41, 5.74) is 0. The Hall–Kier alpha value is -1.18. The normalized spacial score (nSPS) is 13.7. The van der Waals surface area contributed by atoms with Gasteiger partial charge in [-0.05, 0) is 38.5 Å². The van der Waals surface area contributed by atoms with Gasteiger partial charge in [0, 0.05) is 6.42 Å². The molecule has 42 heavy (non-hydrogen) atoms. The van der Waals surface area contributed by atoms with Crippen LogP contribution in [0, 0.1) is 0 Å². The van der Waals surface area contributed by atoms with Gasteiger partial charge in [-0.25, -0.2) is 0 Å². The summed E-state index contributed by atoms with van der Waals surface area (Å²) < 4.78 is 32.3. The van der Waals surface area contributed by atoms with Crippen molar-refractivity contribution in [1.29, 1.82) is 0 Å². The molecule has 0 spiro atoms. The Morgan fingerprint density at radius 3 is 1.62 bits per heavy atom. The molecule has 0 aromatic carbocycles. The summed E-state index contributed by atoms with van der Waals surface area (Å²) in [7, 11) is -4.30. The third kappa shape index (κ3) is 30.3. The van der Waals surface area contributed by atoms with E-state index in [9.17, 15) is 22.9 Å². The van der Waals surface area contributed by atoms with Gasteiger partial charge in [-0.15, -0.1) is 0 Å². The number of aliphatic hydroxyl groups is 1. The van der Waals surface area contributed by atoms with E-state index in [1.54, 1.807) is 0 Å². The van der Waals surface area contributed by atoms with Gasteiger partial charge < -0.3 is 10.4 Å². The zero-order chi connectivity index (χ0) is 31.2. The number of unbranched alkanes of at least 4 members (excludes halogenated alkanes) is 19. The lowest BCUT2D eigenvalue weighted by molar-refractivity contribution is -0.122. The van der Waals surface area contributed by atoms with Crippen LogP contribution in [0.1, 0.15) is 174 Å². The molecule has 6 nitrogen and oxygen atoms in total. The monoisotopic (exact) mass is 613 g/mol. The van der Waals surface area contributed by atoms with Crippen molar-refractivity contribution in [1.82, 2.24) is 5.32 Å². The zero-order valence-corrected chi connectivity index (χ0v) is 28.2. The SMILES string of the molecule is CCCC/C=C\C/C=C\CCCCCCCC(=O)NC(CS(=O)(=O)O)C(O)CCCCCCCCCCCCCCC. The molecule has 0 aromatic heterocycles. The van der Waals surface area contributed by atoms with E-state index < -0.39 is 28.0 Å². The fraction of sp³-hybridized carbons (Fsp3) is 0.857. The van der Waals surface area contributed by atoms with E-state index >= 15 is 0 Å². The minimum Gasteiger partial charge on any atom is -0.391 e. The van der Waals surface area contributed by atoms with Gasteiger partial charge in [-0.3, -0.25) is 9.35 Å². The third-order valence-corrected chi connectivity index (χ3v) is 8.69. The predicted molar refractivity (Wildman–Crippen MR) is 179 cm³/mol. The molecule has 0 aromatic rings. The molecule has 0 aliphatic carbocycles. The van der Waals surface area contributed by atoms with Crippen LogP contribution >= 0.6 is 0 Å². The Bertz CT molecular complexity index is 765. The van der Waals surface area contributed by atoms with Gasteiger partial charge in [-0.1, -0.05) is 154 Å². The highest BCUT2D eigenvalue weighted by Crippen LogP contribution is 2.15. The van der Waals surface area contributed by atoms with E-state index in [4.69, 9.17) is 0 Å². The fourth-order valence-electron chi connectivity index (χ4n) is 5.23. The van der Waals surface area contributed by atoms with Crippen LogP contribution in [0.25, 0.3) is 0 Å². The highest BCUT2D eigenvalue weighted by molar-refractivity contribution is 7.85. The summed E-state index contributed by atoms with van der Waals surface area (Å²) in [4.78, 5) is 12.4. The quantitative estimate of drug-likeness (QED) is 0.0410.